The lowest BCUT2D eigenvalue weighted by Crippen LogP contribution is -3.15. The predicted molar refractivity (Wildman–Crippen MR) is 99.6 cm³/mol. The number of ketones is 1. The van der Waals surface area contributed by atoms with E-state index < -0.39 is 23.1 Å². The zero-order valence-corrected chi connectivity index (χ0v) is 15.4. The zero-order valence-electron chi connectivity index (χ0n) is 15.4. The molecule has 2 aromatic carbocycles. The maximum Gasteiger partial charge on any atom is 0.268 e. The van der Waals surface area contributed by atoms with Crippen LogP contribution in [0.25, 0.3) is 0 Å². The average molecular weight is 385 g/mol. The molecule has 0 aliphatic carbocycles. The lowest BCUT2D eigenvalue weighted by molar-refractivity contribution is -0.906. The van der Waals surface area contributed by atoms with Crippen LogP contribution in [-0.4, -0.2) is 49.8 Å². The molecule has 1 fully saturated rings. The Kier molecular flexibility index (Phi) is 4.97. The Morgan fingerprint density at radius 1 is 1.14 bits per heavy atom. The van der Waals surface area contributed by atoms with Crippen LogP contribution in [0.2, 0.25) is 0 Å². The summed E-state index contributed by atoms with van der Waals surface area (Å²) in [5, 5.41) is 11.3. The van der Waals surface area contributed by atoms with Gasteiger partial charge >= 0.3 is 0 Å². The summed E-state index contributed by atoms with van der Waals surface area (Å²) in [4.78, 5) is 28.6. The van der Waals surface area contributed by atoms with E-state index in [2.05, 4.69) is 0 Å². The van der Waals surface area contributed by atoms with Crippen LogP contribution in [0.1, 0.15) is 22.3 Å². The normalized spacial score (nSPS) is 22.4. The van der Waals surface area contributed by atoms with Crippen LogP contribution in [0.3, 0.4) is 0 Å². The second-order valence-electron chi connectivity index (χ2n) is 7.24. The number of Topliss-reactive ketones (excluding diaryl/α,β-unsaturated/α-hetero) is 1. The minimum atomic E-state index is -1.92. The molecule has 0 saturated carbocycles. The van der Waals surface area contributed by atoms with E-state index in [4.69, 9.17) is 4.74 Å². The first-order chi connectivity index (χ1) is 13.5. The number of para-hydroxylation sites is 1. The first-order valence-electron chi connectivity index (χ1n) is 9.33. The Balaban J connectivity index is 1.61. The molecule has 1 amide bonds. The van der Waals surface area contributed by atoms with Crippen LogP contribution < -0.4 is 9.80 Å². The molecule has 2 N–H and O–H groups in total. The fourth-order valence-electron chi connectivity index (χ4n) is 3.85. The number of hydrogen-bond acceptors (Lipinski definition) is 4. The van der Waals surface area contributed by atoms with Crippen molar-refractivity contribution in [2.75, 3.05) is 37.9 Å². The molecule has 4 rings (SSSR count). The van der Waals surface area contributed by atoms with Gasteiger partial charge in [0.15, 0.2) is 18.1 Å². The smallest absolute Gasteiger partial charge is 0.268 e. The van der Waals surface area contributed by atoms with E-state index in [9.17, 15) is 19.1 Å². The van der Waals surface area contributed by atoms with Gasteiger partial charge in [0.1, 0.15) is 18.9 Å². The van der Waals surface area contributed by atoms with E-state index in [-0.39, 0.29) is 12.0 Å². The number of hydrogen-bond donors (Lipinski definition) is 2. The van der Waals surface area contributed by atoms with Crippen molar-refractivity contribution in [3.8, 4) is 0 Å². The van der Waals surface area contributed by atoms with E-state index >= 15 is 0 Å². The molecule has 2 aliphatic heterocycles. The molecule has 0 spiro atoms. The van der Waals surface area contributed by atoms with E-state index in [1.165, 1.54) is 29.2 Å². The topological polar surface area (TPSA) is 71.3 Å². The molecule has 0 bridgehead atoms. The summed E-state index contributed by atoms with van der Waals surface area (Å²) < 4.78 is 18.5. The Morgan fingerprint density at radius 2 is 1.82 bits per heavy atom. The van der Waals surface area contributed by atoms with Crippen LogP contribution in [0.4, 0.5) is 10.1 Å². The monoisotopic (exact) mass is 385 g/mol. The molecule has 7 heteroatoms. The molecule has 146 valence electrons. The fraction of sp³-hybridized carbons (Fsp3) is 0.333. The van der Waals surface area contributed by atoms with Gasteiger partial charge in [-0.15, -0.1) is 0 Å². The van der Waals surface area contributed by atoms with Crippen LogP contribution in [0.5, 0.6) is 0 Å². The van der Waals surface area contributed by atoms with Crippen LogP contribution in [0, 0.1) is 5.82 Å². The number of rotatable bonds is 5. The van der Waals surface area contributed by atoms with Gasteiger partial charge in [0.05, 0.1) is 25.3 Å². The molecule has 0 aromatic heterocycles. The van der Waals surface area contributed by atoms with Gasteiger partial charge in [-0.2, -0.15) is 0 Å². The number of nitrogens with one attached hydrogen (secondary N) is 1. The number of ether oxygens (including phenoxy) is 1. The van der Waals surface area contributed by atoms with Gasteiger partial charge in [-0.05, 0) is 30.3 Å². The second kappa shape index (κ2) is 7.43. The minimum Gasteiger partial charge on any atom is -0.375 e. The number of carbonyl (C=O) groups excluding carboxylic acids is 2. The van der Waals surface area contributed by atoms with E-state index in [1.807, 2.05) is 0 Å². The SMILES string of the molecule is O=C(C[C@@]1(O)C(=O)N(C[NH+]2CCOCC2)c2ccccc21)c1ccc(F)cc1. The molecule has 0 unspecified atom stereocenters. The number of fused-ring (bicyclic) bond motifs is 1. The first kappa shape index (κ1) is 18.7. The molecule has 2 aromatic rings. The zero-order chi connectivity index (χ0) is 19.7. The summed E-state index contributed by atoms with van der Waals surface area (Å²) >= 11 is 0. The van der Waals surface area contributed by atoms with Crippen molar-refractivity contribution in [3.63, 3.8) is 0 Å². The molecule has 2 aliphatic rings. The van der Waals surface area contributed by atoms with Crippen molar-refractivity contribution in [2.45, 2.75) is 12.0 Å². The highest BCUT2D eigenvalue weighted by molar-refractivity contribution is 6.10. The number of benzene rings is 2. The Hall–Kier alpha value is -2.61. The van der Waals surface area contributed by atoms with Gasteiger partial charge in [-0.3, -0.25) is 14.5 Å². The molecule has 1 atom stereocenters. The van der Waals surface area contributed by atoms with Crippen molar-refractivity contribution >= 4 is 17.4 Å². The number of morpholine rings is 1. The standard InChI is InChI=1S/C21H21FN2O4/c22-16-7-5-15(6-8-16)19(25)13-21(27)17-3-1-2-4-18(17)24(20(21)26)14-23-9-11-28-12-10-23/h1-8,27H,9-14H2/p+1/t21-/m0/s1. The molecule has 1 saturated heterocycles. The van der Waals surface area contributed by atoms with Crippen LogP contribution in [-0.2, 0) is 15.1 Å². The molecule has 28 heavy (non-hydrogen) atoms. The summed E-state index contributed by atoms with van der Waals surface area (Å²) in [6, 6.07) is 12.1. The summed E-state index contributed by atoms with van der Waals surface area (Å²) in [6.45, 7) is 3.22. The van der Waals surface area contributed by atoms with Gasteiger partial charge in [-0.25, -0.2) is 4.39 Å². The number of aliphatic hydroxyl groups is 1. The number of nitrogens with zero attached hydrogens (tertiary/aromatic N) is 1. The van der Waals surface area contributed by atoms with Gasteiger partial charge < -0.3 is 14.7 Å². The summed E-state index contributed by atoms with van der Waals surface area (Å²) in [6.07, 6.45) is -0.385. The van der Waals surface area contributed by atoms with Gasteiger partial charge in [0.2, 0.25) is 0 Å². The number of carbonyl (C=O) groups is 2. The van der Waals surface area contributed by atoms with Crippen molar-refractivity contribution in [2.24, 2.45) is 0 Å². The quantitative estimate of drug-likeness (QED) is 0.736. The van der Waals surface area contributed by atoms with E-state index in [0.29, 0.717) is 31.1 Å². The first-order valence-corrected chi connectivity index (χ1v) is 9.33. The second-order valence-corrected chi connectivity index (χ2v) is 7.24. The maximum absolute atomic E-state index is 13.2. The van der Waals surface area contributed by atoms with Crippen LogP contribution >= 0.6 is 0 Å². The maximum atomic E-state index is 13.2. The molecular weight excluding hydrogens is 363 g/mol. The Morgan fingerprint density at radius 3 is 2.54 bits per heavy atom. The van der Waals surface area contributed by atoms with E-state index in [1.54, 1.807) is 29.2 Å². The molecule has 6 nitrogen and oxygen atoms in total. The number of amides is 1. The average Bonchev–Trinajstić information content (AvgIpc) is 2.91. The highest BCUT2D eigenvalue weighted by atomic mass is 19.1. The van der Waals surface area contributed by atoms with Crippen molar-refractivity contribution < 1.29 is 28.7 Å². The number of anilines is 1. The van der Waals surface area contributed by atoms with Crippen molar-refractivity contribution in [1.82, 2.24) is 0 Å². The van der Waals surface area contributed by atoms with Crippen molar-refractivity contribution in [3.05, 3.63) is 65.5 Å². The number of quaternary nitrogens is 1. The highest BCUT2D eigenvalue weighted by Gasteiger charge is 2.51. The lowest BCUT2D eigenvalue weighted by Gasteiger charge is -2.29. The summed E-state index contributed by atoms with van der Waals surface area (Å²) in [5.74, 6) is -1.36. The molecule has 0 radical (unpaired) electrons. The highest BCUT2D eigenvalue weighted by Crippen LogP contribution is 2.42. The minimum absolute atomic E-state index is 0.261. The Bertz CT molecular complexity index is 896. The van der Waals surface area contributed by atoms with Gasteiger partial charge in [0, 0.05) is 11.1 Å². The predicted octanol–water partition coefficient (Wildman–Crippen LogP) is 0.506. The van der Waals surface area contributed by atoms with Crippen molar-refractivity contribution in [1.29, 1.82) is 0 Å². The molecule has 2 heterocycles. The molecular formula is C21H22FN2O4+. The summed E-state index contributed by atoms with van der Waals surface area (Å²) in [5.41, 5.74) is -0.602. The lowest BCUT2D eigenvalue weighted by atomic mass is 9.88. The van der Waals surface area contributed by atoms with E-state index in [0.717, 1.165) is 13.1 Å². The fourth-order valence-corrected chi connectivity index (χ4v) is 3.85. The largest absolute Gasteiger partial charge is 0.375 e. The Labute approximate surface area is 162 Å². The summed E-state index contributed by atoms with van der Waals surface area (Å²) in [7, 11) is 0. The third-order valence-electron chi connectivity index (χ3n) is 5.40. The number of halogens is 1. The third-order valence-corrected chi connectivity index (χ3v) is 5.40. The van der Waals surface area contributed by atoms with Gasteiger partial charge in [-0.1, -0.05) is 18.2 Å². The van der Waals surface area contributed by atoms with Gasteiger partial charge in [0.25, 0.3) is 5.91 Å². The van der Waals surface area contributed by atoms with Crippen LogP contribution in [0.15, 0.2) is 48.5 Å². The third kappa shape index (κ3) is 3.32.